The van der Waals surface area contributed by atoms with Gasteiger partial charge in [0.2, 0.25) is 6.41 Å². The SMILES string of the molecule is CN(C)C=O.Cc1ccc(NC(=O)N2C3CCCC2C3)cc1-c1cncc(F)c1.[HH]. The smallest absolute Gasteiger partial charge is 0.322 e. The van der Waals surface area contributed by atoms with Crippen LogP contribution in [0.3, 0.4) is 0 Å². The maximum absolute atomic E-state index is 13.4. The molecule has 0 aliphatic carbocycles. The van der Waals surface area contributed by atoms with Crippen LogP contribution >= 0.6 is 0 Å². The van der Waals surface area contributed by atoms with E-state index in [-0.39, 0.29) is 13.3 Å². The number of halogens is 1. The van der Waals surface area contributed by atoms with Crippen molar-refractivity contribution in [3.63, 3.8) is 0 Å². The minimum atomic E-state index is -0.366. The predicted octanol–water partition coefficient (Wildman–Crippen LogP) is 4.31. The number of anilines is 1. The van der Waals surface area contributed by atoms with Crippen LogP contribution in [0.15, 0.2) is 36.7 Å². The fourth-order valence-corrected chi connectivity index (χ4v) is 3.89. The number of carbonyl (C=O) groups is 2. The van der Waals surface area contributed by atoms with Gasteiger partial charge < -0.3 is 15.1 Å². The molecule has 3 amide bonds. The van der Waals surface area contributed by atoms with Crippen LogP contribution in [0.2, 0.25) is 0 Å². The first-order valence-corrected chi connectivity index (χ1v) is 9.81. The Labute approximate surface area is 172 Å². The van der Waals surface area contributed by atoms with Crippen LogP contribution in [0.5, 0.6) is 0 Å². The van der Waals surface area contributed by atoms with E-state index in [1.807, 2.05) is 30.0 Å². The lowest BCUT2D eigenvalue weighted by atomic mass is 9.80. The molecule has 0 spiro atoms. The Morgan fingerprint density at radius 1 is 1.28 bits per heavy atom. The third-order valence-electron chi connectivity index (χ3n) is 5.36. The largest absolute Gasteiger partial charge is 0.351 e. The first-order chi connectivity index (χ1) is 13.9. The highest BCUT2D eigenvalue weighted by Gasteiger charge is 2.44. The summed E-state index contributed by atoms with van der Waals surface area (Å²) in [6, 6.07) is 7.96. The molecule has 2 aliphatic rings. The third-order valence-corrected chi connectivity index (χ3v) is 5.36. The standard InChI is InChI=1S/C19H20FN3O.C3H7NO.H2/c1-12-5-6-15(8-18(12)13-7-14(20)11-21-10-13)22-19(24)23-16-3-2-4-17(23)9-16;1-4(2)3-5;/h5-8,10-11,16-17H,2-4,9H2,1H3,(H,22,24);3H,1-2H3;1H. The number of urea groups is 1. The van der Waals surface area contributed by atoms with Crippen molar-refractivity contribution in [2.45, 2.75) is 44.7 Å². The summed E-state index contributed by atoms with van der Waals surface area (Å²) < 4.78 is 13.4. The van der Waals surface area contributed by atoms with Crippen molar-refractivity contribution in [1.82, 2.24) is 14.8 Å². The second-order valence-corrected chi connectivity index (χ2v) is 7.80. The lowest BCUT2D eigenvalue weighted by molar-refractivity contribution is -0.115. The first-order valence-electron chi connectivity index (χ1n) is 9.81. The fourth-order valence-electron chi connectivity index (χ4n) is 3.89. The number of rotatable bonds is 3. The van der Waals surface area contributed by atoms with Gasteiger partial charge in [-0.1, -0.05) is 6.07 Å². The van der Waals surface area contributed by atoms with Gasteiger partial charge in [-0.15, -0.1) is 0 Å². The van der Waals surface area contributed by atoms with E-state index in [9.17, 15) is 14.0 Å². The normalized spacial score (nSPS) is 19.4. The van der Waals surface area contributed by atoms with Crippen LogP contribution in [0.25, 0.3) is 11.1 Å². The molecule has 1 aromatic carbocycles. The summed E-state index contributed by atoms with van der Waals surface area (Å²) >= 11 is 0. The zero-order valence-electron chi connectivity index (χ0n) is 17.1. The average molecular weight is 400 g/mol. The van der Waals surface area contributed by atoms with Crippen LogP contribution < -0.4 is 5.32 Å². The number of nitrogens with one attached hydrogen (secondary N) is 1. The molecule has 2 saturated heterocycles. The first kappa shape index (κ1) is 20.8. The fraction of sp³-hybridized carbons (Fsp3) is 0.409. The van der Waals surface area contributed by atoms with Crippen LogP contribution in [0.1, 0.15) is 32.7 Å². The zero-order valence-corrected chi connectivity index (χ0v) is 17.1. The summed E-state index contributed by atoms with van der Waals surface area (Å²) in [7, 11) is 3.38. The molecular weight excluding hydrogens is 371 g/mol. The Balaban J connectivity index is 0.000000482. The van der Waals surface area contributed by atoms with Crippen molar-refractivity contribution >= 4 is 18.1 Å². The van der Waals surface area contributed by atoms with E-state index in [1.165, 1.54) is 23.6 Å². The van der Waals surface area contributed by atoms with Gasteiger partial charge in [0.25, 0.3) is 0 Å². The number of benzene rings is 1. The van der Waals surface area contributed by atoms with E-state index in [0.717, 1.165) is 42.5 Å². The molecule has 1 aromatic heterocycles. The number of pyridine rings is 1. The van der Waals surface area contributed by atoms with Crippen molar-refractivity contribution in [3.05, 3.63) is 48.0 Å². The second-order valence-electron chi connectivity index (χ2n) is 7.80. The Bertz CT molecular complexity index is 879. The minimum Gasteiger partial charge on any atom is -0.351 e. The Morgan fingerprint density at radius 3 is 2.55 bits per heavy atom. The number of amides is 3. The van der Waals surface area contributed by atoms with Crippen molar-refractivity contribution in [1.29, 1.82) is 0 Å². The van der Waals surface area contributed by atoms with Crippen molar-refractivity contribution < 1.29 is 15.4 Å². The van der Waals surface area contributed by atoms with Crippen LogP contribution in [-0.2, 0) is 4.79 Å². The number of aryl methyl sites for hydroxylation is 1. The van der Waals surface area contributed by atoms with Gasteiger partial charge in [0, 0.05) is 45.1 Å². The molecule has 156 valence electrons. The third kappa shape index (κ3) is 4.91. The Hall–Kier alpha value is -2.96. The lowest BCUT2D eigenvalue weighted by Crippen LogP contribution is -2.62. The Morgan fingerprint density at radius 2 is 1.97 bits per heavy atom. The van der Waals surface area contributed by atoms with Gasteiger partial charge in [-0.3, -0.25) is 9.78 Å². The Kier molecular flexibility index (Phi) is 6.46. The molecule has 2 fully saturated rings. The molecule has 2 aromatic rings. The van der Waals surface area contributed by atoms with Gasteiger partial charge >= 0.3 is 6.03 Å². The molecule has 2 atom stereocenters. The van der Waals surface area contributed by atoms with Crippen LogP contribution in [-0.4, -0.2) is 53.4 Å². The molecule has 2 aliphatic heterocycles. The maximum Gasteiger partial charge on any atom is 0.322 e. The van der Waals surface area contributed by atoms with Crippen LogP contribution in [0.4, 0.5) is 14.9 Å². The molecule has 2 unspecified atom stereocenters. The highest BCUT2D eigenvalue weighted by atomic mass is 19.1. The topological polar surface area (TPSA) is 65.5 Å². The lowest BCUT2D eigenvalue weighted by Gasteiger charge is -2.52. The van der Waals surface area contributed by atoms with Gasteiger partial charge in [0.1, 0.15) is 5.82 Å². The number of hydrogen-bond acceptors (Lipinski definition) is 3. The van der Waals surface area contributed by atoms with E-state index in [4.69, 9.17) is 0 Å². The number of nitrogens with zero attached hydrogens (tertiary/aromatic N) is 3. The molecule has 0 radical (unpaired) electrons. The second kappa shape index (κ2) is 9.03. The number of fused-ring (bicyclic) bond motifs is 2. The van der Waals surface area contributed by atoms with E-state index in [1.54, 1.807) is 20.3 Å². The van der Waals surface area contributed by atoms with Gasteiger partial charge in [-0.05, 0) is 61.9 Å². The van der Waals surface area contributed by atoms with E-state index in [2.05, 4.69) is 10.3 Å². The minimum absolute atomic E-state index is 0. The summed E-state index contributed by atoms with van der Waals surface area (Å²) in [5.74, 6) is -0.366. The average Bonchev–Trinajstić information content (AvgIpc) is 2.70. The molecule has 4 rings (SSSR count). The van der Waals surface area contributed by atoms with Gasteiger partial charge in [-0.25, -0.2) is 9.18 Å². The molecule has 6 nitrogen and oxygen atoms in total. The van der Waals surface area contributed by atoms with Crippen molar-refractivity contribution in [3.8, 4) is 11.1 Å². The van der Waals surface area contributed by atoms with Gasteiger partial charge in [-0.2, -0.15) is 0 Å². The van der Waals surface area contributed by atoms with Crippen molar-refractivity contribution in [2.24, 2.45) is 0 Å². The molecule has 0 saturated carbocycles. The molecule has 3 heterocycles. The van der Waals surface area contributed by atoms with Crippen molar-refractivity contribution in [2.75, 3.05) is 19.4 Å². The molecule has 2 bridgehead atoms. The molecule has 1 N–H and O–H groups in total. The predicted molar refractivity (Wildman–Crippen MR) is 113 cm³/mol. The summed E-state index contributed by atoms with van der Waals surface area (Å²) in [6.07, 6.45) is 8.15. The molecule has 7 heteroatoms. The summed E-state index contributed by atoms with van der Waals surface area (Å²) in [5.41, 5.74) is 3.34. The number of carbonyl (C=O) groups excluding carboxylic acids is 2. The van der Waals surface area contributed by atoms with E-state index < -0.39 is 0 Å². The van der Waals surface area contributed by atoms with E-state index in [0.29, 0.717) is 17.6 Å². The van der Waals surface area contributed by atoms with Gasteiger partial charge in [0.15, 0.2) is 0 Å². The summed E-state index contributed by atoms with van der Waals surface area (Å²) in [4.78, 5) is 29.3. The number of hydrogen-bond donors (Lipinski definition) is 1. The summed E-state index contributed by atoms with van der Waals surface area (Å²) in [5, 5.41) is 3.00. The van der Waals surface area contributed by atoms with E-state index >= 15 is 0 Å². The van der Waals surface area contributed by atoms with Crippen LogP contribution in [0, 0.1) is 12.7 Å². The highest BCUT2D eigenvalue weighted by Crippen LogP contribution is 2.38. The quantitative estimate of drug-likeness (QED) is 0.781. The highest BCUT2D eigenvalue weighted by molar-refractivity contribution is 5.91. The monoisotopic (exact) mass is 400 g/mol. The number of aromatic nitrogens is 1. The van der Waals surface area contributed by atoms with Gasteiger partial charge in [0.05, 0.1) is 6.20 Å². The molecule has 29 heavy (non-hydrogen) atoms. The zero-order chi connectivity index (χ0) is 21.0. The molecular formula is C22H29FN4O2. The maximum atomic E-state index is 13.4. The summed E-state index contributed by atoms with van der Waals surface area (Å²) in [6.45, 7) is 1.96. The number of piperidine rings is 1.